The van der Waals surface area contributed by atoms with Crippen molar-refractivity contribution in [2.75, 3.05) is 0 Å². The number of hydrogen-bond donors (Lipinski definition) is 2. The molecule has 102 valence electrons. The lowest BCUT2D eigenvalue weighted by Crippen LogP contribution is -2.33. The zero-order valence-corrected chi connectivity index (χ0v) is 11.0. The molecule has 1 heterocycles. The fourth-order valence-electron chi connectivity index (χ4n) is 2.95. The van der Waals surface area contributed by atoms with E-state index in [1.807, 2.05) is 6.07 Å². The van der Waals surface area contributed by atoms with Crippen LogP contribution in [0.4, 0.5) is 0 Å². The monoisotopic (exact) mass is 270 g/mol. The van der Waals surface area contributed by atoms with Gasteiger partial charge in [0.15, 0.2) is 0 Å². The zero-order chi connectivity index (χ0) is 14.1. The minimum Gasteiger partial charge on any atom is -0.423 e. The van der Waals surface area contributed by atoms with Gasteiger partial charge in [-0.05, 0) is 25.0 Å². The van der Waals surface area contributed by atoms with Crippen LogP contribution in [0.15, 0.2) is 12.1 Å². The minimum atomic E-state index is -1.63. The maximum Gasteiger partial charge on any atom is 0.490 e. The van der Waals surface area contributed by atoms with Gasteiger partial charge in [0.05, 0.1) is 23.2 Å². The normalized spacial score (nSPS) is 16.2. The van der Waals surface area contributed by atoms with Crippen molar-refractivity contribution in [3.63, 3.8) is 0 Å². The molecule has 20 heavy (non-hydrogen) atoms. The summed E-state index contributed by atoms with van der Waals surface area (Å²) in [6.07, 6.45) is 5.59. The molecule has 6 nitrogen and oxygen atoms in total. The highest BCUT2D eigenvalue weighted by Crippen LogP contribution is 2.29. The first-order chi connectivity index (χ1) is 9.70. The third-order valence-corrected chi connectivity index (χ3v) is 3.93. The van der Waals surface area contributed by atoms with E-state index in [0.29, 0.717) is 22.1 Å². The van der Waals surface area contributed by atoms with Crippen LogP contribution in [0.2, 0.25) is 0 Å². The Labute approximate surface area is 116 Å². The third-order valence-electron chi connectivity index (χ3n) is 3.93. The van der Waals surface area contributed by atoms with E-state index >= 15 is 0 Å². The Morgan fingerprint density at radius 2 is 2.00 bits per heavy atom. The molecule has 0 saturated heterocycles. The molecule has 1 saturated carbocycles. The van der Waals surface area contributed by atoms with Crippen LogP contribution in [-0.2, 0) is 0 Å². The summed E-state index contributed by atoms with van der Waals surface area (Å²) in [5.74, 6) is 0. The Morgan fingerprint density at radius 3 is 2.65 bits per heavy atom. The fourth-order valence-corrected chi connectivity index (χ4v) is 2.95. The molecule has 2 aromatic rings. The second-order valence-corrected chi connectivity index (χ2v) is 5.24. The van der Waals surface area contributed by atoms with Crippen LogP contribution in [0.5, 0.6) is 0 Å². The van der Waals surface area contributed by atoms with Crippen LogP contribution >= 0.6 is 0 Å². The molecule has 0 bridgehead atoms. The summed E-state index contributed by atoms with van der Waals surface area (Å²) in [5, 5.41) is 36.4. The molecule has 0 amide bonds. The van der Waals surface area contributed by atoms with E-state index < -0.39 is 7.12 Å². The van der Waals surface area contributed by atoms with E-state index in [9.17, 15) is 10.0 Å². The van der Waals surface area contributed by atoms with Crippen LogP contribution in [0, 0.1) is 11.3 Å². The molecule has 1 aliphatic carbocycles. The predicted octanol–water partition coefficient (Wildman–Crippen LogP) is 0.488. The molecule has 1 fully saturated rings. The van der Waals surface area contributed by atoms with Gasteiger partial charge in [0, 0.05) is 5.46 Å². The summed E-state index contributed by atoms with van der Waals surface area (Å²) in [7, 11) is -1.63. The first kappa shape index (κ1) is 13.1. The summed E-state index contributed by atoms with van der Waals surface area (Å²) in [6, 6.07) is 5.38. The second-order valence-electron chi connectivity index (χ2n) is 5.24. The first-order valence-electron chi connectivity index (χ1n) is 6.86. The standard InChI is InChI=1S/C13H15BN4O2/c15-8-9-6-11(14(19)20)13-12(7-9)16-17-18(13)10-4-2-1-3-5-10/h6-7,10,19-20H,1-5H2. The number of fused-ring (bicyclic) bond motifs is 1. The van der Waals surface area contributed by atoms with Crippen molar-refractivity contribution in [3.05, 3.63) is 17.7 Å². The molecule has 7 heteroatoms. The summed E-state index contributed by atoms with van der Waals surface area (Å²) < 4.78 is 1.80. The summed E-state index contributed by atoms with van der Waals surface area (Å²) in [5.41, 5.74) is 1.83. The van der Waals surface area contributed by atoms with E-state index in [1.54, 1.807) is 10.7 Å². The van der Waals surface area contributed by atoms with E-state index in [1.165, 1.54) is 12.5 Å². The van der Waals surface area contributed by atoms with Crippen molar-refractivity contribution < 1.29 is 10.0 Å². The second kappa shape index (κ2) is 5.23. The molecule has 2 N–H and O–H groups in total. The minimum absolute atomic E-state index is 0.249. The van der Waals surface area contributed by atoms with Gasteiger partial charge in [-0.1, -0.05) is 24.5 Å². The lowest BCUT2D eigenvalue weighted by Gasteiger charge is -2.22. The van der Waals surface area contributed by atoms with Gasteiger partial charge >= 0.3 is 7.12 Å². The fraction of sp³-hybridized carbons (Fsp3) is 0.462. The largest absolute Gasteiger partial charge is 0.490 e. The van der Waals surface area contributed by atoms with Gasteiger partial charge in [0.25, 0.3) is 0 Å². The van der Waals surface area contributed by atoms with Gasteiger partial charge in [0.1, 0.15) is 5.52 Å². The average Bonchev–Trinajstić information content (AvgIpc) is 2.90. The van der Waals surface area contributed by atoms with Gasteiger partial charge in [-0.2, -0.15) is 5.26 Å². The van der Waals surface area contributed by atoms with Crippen molar-refractivity contribution in [1.29, 1.82) is 5.26 Å². The molecule has 0 unspecified atom stereocenters. The number of nitriles is 1. The van der Waals surface area contributed by atoms with Crippen molar-refractivity contribution in [1.82, 2.24) is 15.0 Å². The molecule has 1 aromatic carbocycles. The summed E-state index contributed by atoms with van der Waals surface area (Å²) in [6.45, 7) is 0. The maximum absolute atomic E-state index is 9.56. The van der Waals surface area contributed by atoms with Crippen LogP contribution in [0.1, 0.15) is 43.7 Å². The van der Waals surface area contributed by atoms with E-state index in [-0.39, 0.29) is 6.04 Å². The summed E-state index contributed by atoms with van der Waals surface area (Å²) >= 11 is 0. The Kier molecular flexibility index (Phi) is 3.43. The number of aromatic nitrogens is 3. The number of rotatable bonds is 2. The predicted molar refractivity (Wildman–Crippen MR) is 74.2 cm³/mol. The van der Waals surface area contributed by atoms with Crippen molar-refractivity contribution >= 4 is 23.6 Å². The summed E-state index contributed by atoms with van der Waals surface area (Å²) in [4.78, 5) is 0. The van der Waals surface area contributed by atoms with Crippen molar-refractivity contribution in [2.45, 2.75) is 38.1 Å². The van der Waals surface area contributed by atoms with Crippen molar-refractivity contribution in [2.24, 2.45) is 0 Å². The van der Waals surface area contributed by atoms with Gasteiger partial charge < -0.3 is 10.0 Å². The molecular formula is C13H15BN4O2. The van der Waals surface area contributed by atoms with Crippen LogP contribution < -0.4 is 5.46 Å². The molecular weight excluding hydrogens is 255 g/mol. The third kappa shape index (κ3) is 2.17. The molecule has 3 rings (SSSR count). The number of benzene rings is 1. The smallest absolute Gasteiger partial charge is 0.423 e. The van der Waals surface area contributed by atoms with Gasteiger partial charge in [-0.25, -0.2) is 4.68 Å². The van der Waals surface area contributed by atoms with E-state index in [2.05, 4.69) is 10.3 Å². The van der Waals surface area contributed by atoms with E-state index in [0.717, 1.165) is 25.7 Å². The van der Waals surface area contributed by atoms with Crippen LogP contribution in [-0.4, -0.2) is 32.2 Å². The first-order valence-corrected chi connectivity index (χ1v) is 6.86. The van der Waals surface area contributed by atoms with Gasteiger partial charge in [-0.15, -0.1) is 5.10 Å². The molecule has 0 atom stereocenters. The Hall–Kier alpha value is -1.91. The molecule has 0 radical (unpaired) electrons. The Morgan fingerprint density at radius 1 is 1.25 bits per heavy atom. The SMILES string of the molecule is N#Cc1cc(B(O)O)c2c(c1)nnn2C1CCCCC1. The number of nitrogens with zero attached hydrogens (tertiary/aromatic N) is 4. The average molecular weight is 270 g/mol. The highest BCUT2D eigenvalue weighted by Gasteiger charge is 2.25. The van der Waals surface area contributed by atoms with Crippen LogP contribution in [0.3, 0.4) is 0 Å². The molecule has 1 aliphatic rings. The molecule has 1 aromatic heterocycles. The maximum atomic E-state index is 9.56. The van der Waals surface area contributed by atoms with Gasteiger partial charge in [0.2, 0.25) is 0 Å². The van der Waals surface area contributed by atoms with Crippen molar-refractivity contribution in [3.8, 4) is 6.07 Å². The van der Waals surface area contributed by atoms with Gasteiger partial charge in [-0.3, -0.25) is 0 Å². The van der Waals surface area contributed by atoms with E-state index in [4.69, 9.17) is 5.26 Å². The lowest BCUT2D eigenvalue weighted by atomic mass is 9.78. The highest BCUT2D eigenvalue weighted by molar-refractivity contribution is 6.61. The molecule has 0 aliphatic heterocycles. The lowest BCUT2D eigenvalue weighted by molar-refractivity contribution is 0.331. The quantitative estimate of drug-likeness (QED) is 0.774. The Balaban J connectivity index is 2.17. The zero-order valence-electron chi connectivity index (χ0n) is 11.0. The number of hydrogen-bond acceptors (Lipinski definition) is 5. The molecule has 0 spiro atoms. The Bertz CT molecular complexity index is 671. The topological polar surface area (TPSA) is 95.0 Å². The highest BCUT2D eigenvalue weighted by atomic mass is 16.4. The van der Waals surface area contributed by atoms with Crippen LogP contribution in [0.25, 0.3) is 11.0 Å².